The maximum absolute atomic E-state index is 13.5. The minimum atomic E-state index is -0.748. The molecule has 2 saturated heterocycles. The predicted molar refractivity (Wildman–Crippen MR) is 144 cm³/mol. The number of ether oxygens (including phenoxy) is 1. The average Bonchev–Trinajstić information content (AvgIpc) is 3.53. The summed E-state index contributed by atoms with van der Waals surface area (Å²) >= 11 is 0. The van der Waals surface area contributed by atoms with Gasteiger partial charge >= 0.3 is 0 Å². The molecule has 2 aliphatic rings. The number of hydrogen-bond donors (Lipinski definition) is 1. The number of para-hydroxylation sites is 2. The number of anilines is 1. The van der Waals surface area contributed by atoms with E-state index in [9.17, 15) is 9.90 Å². The van der Waals surface area contributed by atoms with E-state index >= 15 is 0 Å². The zero-order chi connectivity index (χ0) is 26.4. The second-order valence-electron chi connectivity index (χ2n) is 10.7. The highest BCUT2D eigenvalue weighted by Gasteiger charge is 2.33. The molecule has 2 fully saturated rings. The number of carbonyl (C=O) groups excluding carboxylic acids is 1. The van der Waals surface area contributed by atoms with E-state index in [1.54, 1.807) is 11.0 Å². The van der Waals surface area contributed by atoms with Gasteiger partial charge in [0.25, 0.3) is 5.91 Å². The third-order valence-corrected chi connectivity index (χ3v) is 7.79. The van der Waals surface area contributed by atoms with E-state index < -0.39 is 5.60 Å². The zero-order valence-corrected chi connectivity index (χ0v) is 22.2. The van der Waals surface area contributed by atoms with Crippen LogP contribution in [0.1, 0.15) is 50.0 Å². The zero-order valence-electron chi connectivity index (χ0n) is 22.2. The Morgan fingerprint density at radius 1 is 1.05 bits per heavy atom. The van der Waals surface area contributed by atoms with E-state index in [1.165, 1.54) is 0 Å². The van der Waals surface area contributed by atoms with Gasteiger partial charge in [-0.25, -0.2) is 9.97 Å². The van der Waals surface area contributed by atoms with Gasteiger partial charge in [-0.15, -0.1) is 0 Å². The third kappa shape index (κ3) is 4.41. The van der Waals surface area contributed by atoms with Crippen molar-refractivity contribution in [3.8, 4) is 5.95 Å². The number of amides is 1. The van der Waals surface area contributed by atoms with Crippen molar-refractivity contribution in [1.82, 2.24) is 24.4 Å². The standard InChI is InChI=1S/C28H34N6O4/c1-4-23-29-19-7-5-6-8-21(19)34(23)27-30-20-17-22(26(35)33-11-9-18(10-12-33)28(2,3)36)38-24(20)25(31-27)32-13-15-37-16-14-32/h5-8,17-18,36H,4,9-16H2,1-3H3. The number of piperidine rings is 1. The summed E-state index contributed by atoms with van der Waals surface area (Å²) in [5.74, 6) is 2.31. The van der Waals surface area contributed by atoms with Crippen LogP contribution in [-0.4, -0.2) is 80.4 Å². The van der Waals surface area contributed by atoms with E-state index in [0.717, 1.165) is 36.1 Å². The fraction of sp³-hybridized carbons (Fsp3) is 0.500. The number of imidazole rings is 1. The number of fused-ring (bicyclic) bond motifs is 2. The summed E-state index contributed by atoms with van der Waals surface area (Å²) in [7, 11) is 0. The van der Waals surface area contributed by atoms with Gasteiger partial charge in [-0.2, -0.15) is 4.98 Å². The van der Waals surface area contributed by atoms with Crippen molar-refractivity contribution in [1.29, 1.82) is 0 Å². The smallest absolute Gasteiger partial charge is 0.289 e. The van der Waals surface area contributed by atoms with Crippen LogP contribution in [0.15, 0.2) is 34.7 Å². The maximum Gasteiger partial charge on any atom is 0.289 e. The second kappa shape index (κ2) is 9.67. The van der Waals surface area contributed by atoms with Gasteiger partial charge in [0.05, 0.1) is 29.8 Å². The number of aryl methyl sites for hydroxylation is 1. The van der Waals surface area contributed by atoms with Crippen LogP contribution in [0.4, 0.5) is 5.82 Å². The first-order chi connectivity index (χ1) is 18.3. The highest BCUT2D eigenvalue weighted by molar-refractivity contribution is 5.97. The molecule has 0 aliphatic carbocycles. The lowest BCUT2D eigenvalue weighted by Gasteiger charge is -2.37. The second-order valence-corrected chi connectivity index (χ2v) is 10.7. The summed E-state index contributed by atoms with van der Waals surface area (Å²) in [4.78, 5) is 32.1. The molecule has 10 nitrogen and oxygen atoms in total. The molecule has 0 saturated carbocycles. The van der Waals surface area contributed by atoms with Crippen molar-refractivity contribution < 1.29 is 19.1 Å². The van der Waals surface area contributed by atoms with Crippen LogP contribution in [-0.2, 0) is 11.2 Å². The quantitative estimate of drug-likeness (QED) is 0.427. The topological polar surface area (TPSA) is 110 Å². The van der Waals surface area contributed by atoms with Crippen LogP contribution in [0, 0.1) is 5.92 Å². The summed E-state index contributed by atoms with van der Waals surface area (Å²) in [6.45, 7) is 9.44. The molecule has 4 aromatic rings. The van der Waals surface area contributed by atoms with E-state index in [1.807, 2.05) is 42.7 Å². The fourth-order valence-electron chi connectivity index (χ4n) is 5.58. The number of hydrogen-bond acceptors (Lipinski definition) is 8. The first-order valence-electron chi connectivity index (χ1n) is 13.5. The highest BCUT2D eigenvalue weighted by atomic mass is 16.5. The Morgan fingerprint density at radius 2 is 1.79 bits per heavy atom. The molecule has 200 valence electrons. The van der Waals surface area contributed by atoms with Gasteiger partial charge < -0.3 is 24.1 Å². The molecule has 2 aliphatic heterocycles. The van der Waals surface area contributed by atoms with Gasteiger partial charge in [0.15, 0.2) is 17.2 Å². The number of aromatic nitrogens is 4. The van der Waals surface area contributed by atoms with Crippen LogP contribution in [0.2, 0.25) is 0 Å². The molecule has 5 heterocycles. The number of morpholine rings is 1. The van der Waals surface area contributed by atoms with Gasteiger partial charge in [-0.3, -0.25) is 9.36 Å². The van der Waals surface area contributed by atoms with Crippen molar-refractivity contribution in [2.45, 2.75) is 45.6 Å². The minimum absolute atomic E-state index is 0.158. The van der Waals surface area contributed by atoms with Crippen molar-refractivity contribution in [3.63, 3.8) is 0 Å². The molecule has 1 amide bonds. The van der Waals surface area contributed by atoms with Gasteiger partial charge in [-0.1, -0.05) is 19.1 Å². The van der Waals surface area contributed by atoms with Crippen molar-refractivity contribution in [2.75, 3.05) is 44.3 Å². The molecule has 0 atom stereocenters. The Morgan fingerprint density at radius 3 is 2.50 bits per heavy atom. The van der Waals surface area contributed by atoms with E-state index in [0.29, 0.717) is 62.3 Å². The van der Waals surface area contributed by atoms with Crippen LogP contribution >= 0.6 is 0 Å². The van der Waals surface area contributed by atoms with Gasteiger partial charge in [-0.05, 0) is 44.7 Å². The maximum atomic E-state index is 13.5. The van der Waals surface area contributed by atoms with Gasteiger partial charge in [0, 0.05) is 38.7 Å². The number of furan rings is 1. The lowest BCUT2D eigenvalue weighted by atomic mass is 9.83. The van der Waals surface area contributed by atoms with Crippen molar-refractivity contribution in [3.05, 3.63) is 41.9 Å². The number of likely N-dealkylation sites (tertiary alicyclic amines) is 1. The lowest BCUT2D eigenvalue weighted by molar-refractivity contribution is -0.0112. The number of benzene rings is 1. The van der Waals surface area contributed by atoms with Crippen LogP contribution < -0.4 is 4.90 Å². The molecule has 10 heteroatoms. The SMILES string of the molecule is CCc1nc2ccccc2n1-c1nc(N2CCOCC2)c2oc(C(=O)N3CCC(C(C)(C)O)CC3)cc2n1. The Bertz CT molecular complexity index is 1470. The van der Waals surface area contributed by atoms with E-state index in [-0.39, 0.29) is 17.6 Å². The molecule has 6 rings (SSSR count). The predicted octanol–water partition coefficient (Wildman–Crippen LogP) is 3.58. The van der Waals surface area contributed by atoms with Crippen molar-refractivity contribution in [2.24, 2.45) is 5.92 Å². The normalized spacial score (nSPS) is 17.6. The molecule has 0 radical (unpaired) electrons. The lowest BCUT2D eigenvalue weighted by Crippen LogP contribution is -2.44. The molecule has 0 unspecified atom stereocenters. The number of nitrogens with zero attached hydrogens (tertiary/aromatic N) is 6. The highest BCUT2D eigenvalue weighted by Crippen LogP contribution is 2.32. The molecule has 38 heavy (non-hydrogen) atoms. The van der Waals surface area contributed by atoms with E-state index in [4.69, 9.17) is 24.1 Å². The summed E-state index contributed by atoms with van der Waals surface area (Å²) in [6, 6.07) is 9.70. The molecule has 1 aromatic carbocycles. The van der Waals surface area contributed by atoms with Crippen LogP contribution in [0.3, 0.4) is 0 Å². The minimum Gasteiger partial charge on any atom is -0.445 e. The molecular formula is C28H34N6O4. The first-order valence-corrected chi connectivity index (χ1v) is 13.5. The van der Waals surface area contributed by atoms with Crippen LogP contribution in [0.5, 0.6) is 0 Å². The van der Waals surface area contributed by atoms with Crippen LogP contribution in [0.25, 0.3) is 28.1 Å². The van der Waals surface area contributed by atoms with Gasteiger partial charge in [0.2, 0.25) is 5.95 Å². The molecule has 3 aromatic heterocycles. The summed E-state index contributed by atoms with van der Waals surface area (Å²) in [5.41, 5.74) is 2.17. The largest absolute Gasteiger partial charge is 0.445 e. The number of carbonyl (C=O) groups is 1. The third-order valence-electron chi connectivity index (χ3n) is 7.79. The molecule has 1 N–H and O–H groups in total. The molecule has 0 bridgehead atoms. The number of aliphatic hydroxyl groups is 1. The molecular weight excluding hydrogens is 484 g/mol. The monoisotopic (exact) mass is 518 g/mol. The first kappa shape index (κ1) is 24.8. The fourth-order valence-corrected chi connectivity index (χ4v) is 5.58. The Hall–Kier alpha value is -3.50. The summed E-state index contributed by atoms with van der Waals surface area (Å²) in [5, 5.41) is 10.4. The summed E-state index contributed by atoms with van der Waals surface area (Å²) in [6.07, 6.45) is 2.23. The molecule has 0 spiro atoms. The average molecular weight is 519 g/mol. The number of rotatable bonds is 5. The Kier molecular flexibility index (Phi) is 6.31. The van der Waals surface area contributed by atoms with Crippen molar-refractivity contribution >= 4 is 33.9 Å². The van der Waals surface area contributed by atoms with Gasteiger partial charge in [0.1, 0.15) is 11.3 Å². The van der Waals surface area contributed by atoms with E-state index in [2.05, 4.69) is 11.8 Å². The summed E-state index contributed by atoms with van der Waals surface area (Å²) < 4.78 is 13.8. The Labute approximate surface area is 221 Å². The Balaban J connectivity index is 1.41.